The van der Waals surface area contributed by atoms with Gasteiger partial charge in [0.05, 0.1) is 5.56 Å². The topological polar surface area (TPSA) is 88.1 Å². The molecule has 3 rings (SSSR count). The summed E-state index contributed by atoms with van der Waals surface area (Å²) in [6.07, 6.45) is 1.61. The number of benzene rings is 1. The van der Waals surface area contributed by atoms with Crippen LogP contribution in [-0.2, 0) is 6.61 Å². The van der Waals surface area contributed by atoms with Crippen molar-refractivity contribution in [1.29, 1.82) is 5.26 Å². The van der Waals surface area contributed by atoms with Crippen LogP contribution in [0, 0.1) is 18.3 Å². The lowest BCUT2D eigenvalue weighted by atomic mass is 10.2. The highest BCUT2D eigenvalue weighted by atomic mass is 16.5. The van der Waals surface area contributed by atoms with E-state index in [0.29, 0.717) is 22.9 Å². The largest absolute Gasteiger partial charge is 0.484 e. The summed E-state index contributed by atoms with van der Waals surface area (Å²) in [6.45, 7) is 1.98. The van der Waals surface area contributed by atoms with E-state index < -0.39 is 0 Å². The van der Waals surface area contributed by atoms with Crippen molar-refractivity contribution < 1.29 is 13.9 Å². The summed E-state index contributed by atoms with van der Waals surface area (Å²) in [5, 5.41) is 11.7. The maximum Gasteiger partial charge on any atom is 0.292 e. The number of carbonyl (C=O) groups excluding carboxylic acids is 1. The Morgan fingerprint density at radius 1 is 1.24 bits per heavy atom. The van der Waals surface area contributed by atoms with Gasteiger partial charge in [0.1, 0.15) is 30.0 Å². The number of aromatic nitrogens is 1. The van der Waals surface area contributed by atoms with Crippen molar-refractivity contribution in [3.8, 4) is 11.8 Å². The van der Waals surface area contributed by atoms with Crippen LogP contribution in [0.25, 0.3) is 0 Å². The van der Waals surface area contributed by atoms with Crippen molar-refractivity contribution in [3.05, 3.63) is 77.4 Å². The number of carbonyl (C=O) groups is 1. The van der Waals surface area contributed by atoms with Crippen LogP contribution < -0.4 is 10.1 Å². The Hall–Kier alpha value is -3.59. The molecular formula is C19H15N3O3. The summed E-state index contributed by atoms with van der Waals surface area (Å²) in [5.41, 5.74) is 1.30. The van der Waals surface area contributed by atoms with E-state index in [1.165, 1.54) is 0 Å². The molecule has 124 valence electrons. The Labute approximate surface area is 144 Å². The minimum Gasteiger partial charge on any atom is -0.484 e. The van der Waals surface area contributed by atoms with Gasteiger partial charge in [-0.3, -0.25) is 4.79 Å². The SMILES string of the molecule is Cc1cccnc1NC(=O)c1ccc(COc2ccccc2C#N)o1. The molecule has 0 aliphatic rings. The molecule has 3 aromatic rings. The first-order valence-corrected chi connectivity index (χ1v) is 7.61. The van der Waals surface area contributed by atoms with Crippen molar-refractivity contribution in [2.24, 2.45) is 0 Å². The number of hydrogen-bond donors (Lipinski definition) is 1. The summed E-state index contributed by atoms with van der Waals surface area (Å²) in [4.78, 5) is 16.3. The molecule has 0 spiro atoms. The highest BCUT2D eigenvalue weighted by molar-refractivity contribution is 6.02. The smallest absolute Gasteiger partial charge is 0.292 e. The summed E-state index contributed by atoms with van der Waals surface area (Å²) in [6, 6.07) is 15.9. The predicted octanol–water partition coefficient (Wildman–Crippen LogP) is 3.69. The zero-order valence-corrected chi connectivity index (χ0v) is 13.5. The van der Waals surface area contributed by atoms with Crippen LogP contribution in [0.1, 0.15) is 27.4 Å². The second kappa shape index (κ2) is 7.32. The zero-order chi connectivity index (χ0) is 17.6. The Morgan fingerprint density at radius 2 is 2.08 bits per heavy atom. The van der Waals surface area contributed by atoms with Gasteiger partial charge in [0.25, 0.3) is 5.91 Å². The Balaban J connectivity index is 1.65. The van der Waals surface area contributed by atoms with Gasteiger partial charge in [-0.1, -0.05) is 18.2 Å². The first-order chi connectivity index (χ1) is 12.2. The van der Waals surface area contributed by atoms with E-state index in [9.17, 15) is 4.79 Å². The molecule has 6 nitrogen and oxygen atoms in total. The second-order valence-electron chi connectivity index (χ2n) is 5.29. The summed E-state index contributed by atoms with van der Waals surface area (Å²) >= 11 is 0. The number of aryl methyl sites for hydroxylation is 1. The van der Waals surface area contributed by atoms with Gasteiger partial charge in [-0.15, -0.1) is 0 Å². The van der Waals surface area contributed by atoms with Crippen molar-refractivity contribution in [2.45, 2.75) is 13.5 Å². The molecule has 0 unspecified atom stereocenters. The summed E-state index contributed by atoms with van der Waals surface area (Å²) < 4.78 is 11.1. The van der Waals surface area contributed by atoms with E-state index in [0.717, 1.165) is 5.56 Å². The molecule has 6 heteroatoms. The molecule has 0 fully saturated rings. The van der Waals surface area contributed by atoms with Crippen molar-refractivity contribution in [1.82, 2.24) is 4.98 Å². The van der Waals surface area contributed by atoms with Gasteiger partial charge in [0.15, 0.2) is 5.76 Å². The summed E-state index contributed by atoms with van der Waals surface area (Å²) in [5.74, 6) is 1.22. The number of anilines is 1. The highest BCUT2D eigenvalue weighted by Gasteiger charge is 2.13. The molecule has 0 bridgehead atoms. The third kappa shape index (κ3) is 3.85. The number of pyridine rings is 1. The van der Waals surface area contributed by atoms with E-state index in [1.807, 2.05) is 13.0 Å². The number of furan rings is 1. The van der Waals surface area contributed by atoms with E-state index >= 15 is 0 Å². The van der Waals surface area contributed by atoms with Crippen LogP contribution in [-0.4, -0.2) is 10.9 Å². The number of ether oxygens (including phenoxy) is 1. The van der Waals surface area contributed by atoms with Crippen molar-refractivity contribution in [3.63, 3.8) is 0 Å². The average Bonchev–Trinajstić information content (AvgIpc) is 3.11. The minimum absolute atomic E-state index is 0.120. The van der Waals surface area contributed by atoms with Crippen molar-refractivity contribution in [2.75, 3.05) is 5.32 Å². The number of nitrogens with one attached hydrogen (secondary N) is 1. The quantitative estimate of drug-likeness (QED) is 0.769. The lowest BCUT2D eigenvalue weighted by molar-refractivity contribution is 0.0992. The van der Waals surface area contributed by atoms with Crippen LogP contribution in [0.3, 0.4) is 0 Å². The fourth-order valence-corrected chi connectivity index (χ4v) is 2.20. The number of hydrogen-bond acceptors (Lipinski definition) is 5. The Kier molecular flexibility index (Phi) is 4.77. The van der Waals surface area contributed by atoms with E-state index in [4.69, 9.17) is 14.4 Å². The van der Waals surface area contributed by atoms with E-state index in [-0.39, 0.29) is 18.3 Å². The van der Waals surface area contributed by atoms with Crippen LogP contribution in [0.4, 0.5) is 5.82 Å². The number of para-hydroxylation sites is 1. The molecule has 0 aliphatic heterocycles. The van der Waals surface area contributed by atoms with Crippen molar-refractivity contribution >= 4 is 11.7 Å². The van der Waals surface area contributed by atoms with Gasteiger partial charge in [-0.25, -0.2) is 4.98 Å². The molecule has 2 heterocycles. The van der Waals surface area contributed by atoms with Crippen LogP contribution >= 0.6 is 0 Å². The Morgan fingerprint density at radius 3 is 2.88 bits per heavy atom. The van der Waals surface area contributed by atoms with Gasteiger partial charge >= 0.3 is 0 Å². The number of rotatable bonds is 5. The molecule has 0 radical (unpaired) electrons. The molecule has 0 saturated heterocycles. The van der Waals surface area contributed by atoms with Gasteiger partial charge in [-0.05, 0) is 42.8 Å². The molecule has 0 atom stereocenters. The molecule has 1 N–H and O–H groups in total. The minimum atomic E-state index is -0.384. The van der Waals surface area contributed by atoms with E-state index in [1.54, 1.807) is 48.7 Å². The summed E-state index contributed by atoms with van der Waals surface area (Å²) in [7, 11) is 0. The first-order valence-electron chi connectivity index (χ1n) is 7.61. The second-order valence-corrected chi connectivity index (χ2v) is 5.29. The fourth-order valence-electron chi connectivity index (χ4n) is 2.20. The van der Waals surface area contributed by atoms with Crippen LogP contribution in [0.15, 0.2) is 59.1 Å². The third-order valence-electron chi connectivity index (χ3n) is 3.50. The first kappa shape index (κ1) is 16.3. The lowest BCUT2D eigenvalue weighted by Crippen LogP contribution is -2.13. The van der Waals surface area contributed by atoms with Gasteiger partial charge in [-0.2, -0.15) is 5.26 Å². The number of nitrogens with zero attached hydrogens (tertiary/aromatic N) is 2. The van der Waals surface area contributed by atoms with E-state index in [2.05, 4.69) is 16.4 Å². The maximum atomic E-state index is 12.2. The normalized spacial score (nSPS) is 10.1. The number of nitriles is 1. The molecule has 2 aromatic heterocycles. The van der Waals surface area contributed by atoms with Gasteiger partial charge < -0.3 is 14.5 Å². The lowest BCUT2D eigenvalue weighted by Gasteiger charge is -2.06. The zero-order valence-electron chi connectivity index (χ0n) is 13.5. The van der Waals surface area contributed by atoms with Gasteiger partial charge in [0.2, 0.25) is 0 Å². The molecule has 1 amide bonds. The predicted molar refractivity (Wildman–Crippen MR) is 91.1 cm³/mol. The molecule has 0 aliphatic carbocycles. The fraction of sp³-hybridized carbons (Fsp3) is 0.105. The number of amides is 1. The third-order valence-corrected chi connectivity index (χ3v) is 3.50. The average molecular weight is 333 g/mol. The molecule has 0 saturated carbocycles. The molecular weight excluding hydrogens is 318 g/mol. The Bertz CT molecular complexity index is 941. The molecule has 25 heavy (non-hydrogen) atoms. The van der Waals surface area contributed by atoms with Gasteiger partial charge in [0, 0.05) is 6.20 Å². The molecule has 1 aromatic carbocycles. The standard InChI is InChI=1S/C19H15N3O3/c1-13-5-4-10-21-18(13)22-19(23)17-9-8-15(25-17)12-24-16-7-3-2-6-14(16)11-20/h2-10H,12H2,1H3,(H,21,22,23). The maximum absolute atomic E-state index is 12.2. The van der Waals surface area contributed by atoms with Crippen LogP contribution in [0.5, 0.6) is 5.75 Å². The highest BCUT2D eigenvalue weighted by Crippen LogP contribution is 2.19. The monoisotopic (exact) mass is 333 g/mol. The van der Waals surface area contributed by atoms with Crippen LogP contribution in [0.2, 0.25) is 0 Å².